The highest BCUT2D eigenvalue weighted by Crippen LogP contribution is 2.38. The van der Waals surface area contributed by atoms with Gasteiger partial charge in [0.05, 0.1) is 31.6 Å². The number of methoxy groups -OCH3 is 2. The molecular weight excluding hydrogens is 667 g/mol. The Morgan fingerprint density at radius 3 is 2.27 bits per heavy atom. The monoisotopic (exact) mass is 711 g/mol. The standard InChI is InChI=1S/C32H44F3N5O8Si/c1-31(2,3)48-30(44)38-22-11-9-10-12-24(27(41)45-4)40(28(42)32(33,34)35)25-17-20(36-29(43)46-5)13-14-21(25)23-18-39(26(22)37-23)19-47-15-16-49(6,7)8/h9-10,13-14,17-18,22,24H,11-12,15-16,19H2,1-8H3,(H,36,43)(H,38,44)/b10-9-/t22-,24+/m0/s1. The number of hydrogen-bond donors (Lipinski definition) is 2. The number of anilines is 2. The number of amides is 3. The van der Waals surface area contributed by atoms with Gasteiger partial charge in [0.25, 0.3) is 0 Å². The molecule has 3 rings (SSSR count). The van der Waals surface area contributed by atoms with Crippen LogP contribution in [0.1, 0.15) is 45.5 Å². The van der Waals surface area contributed by atoms with Gasteiger partial charge in [0.2, 0.25) is 0 Å². The second-order valence-corrected chi connectivity index (χ2v) is 19.1. The second-order valence-electron chi connectivity index (χ2n) is 13.5. The Hall–Kier alpha value is -4.38. The number of alkyl halides is 3. The molecule has 0 unspecified atom stereocenters. The smallest absolute Gasteiger partial charge is 0.467 e. The number of carbonyl (C=O) groups excluding carboxylic acids is 4. The number of nitrogens with zero attached hydrogens (tertiary/aromatic N) is 3. The van der Waals surface area contributed by atoms with E-state index in [1.807, 2.05) is 0 Å². The van der Waals surface area contributed by atoms with Gasteiger partial charge >= 0.3 is 30.2 Å². The summed E-state index contributed by atoms with van der Waals surface area (Å²) in [5.74, 6) is -3.18. The number of nitrogens with one attached hydrogen (secondary N) is 2. The topological polar surface area (TPSA) is 150 Å². The summed E-state index contributed by atoms with van der Waals surface area (Å²) in [4.78, 5) is 56.3. The molecule has 1 aliphatic heterocycles. The van der Waals surface area contributed by atoms with E-state index in [-0.39, 0.29) is 30.1 Å². The number of hydrogen-bond acceptors (Lipinski definition) is 9. The first-order valence-corrected chi connectivity index (χ1v) is 19.2. The molecule has 17 heteroatoms. The molecule has 270 valence electrons. The first-order chi connectivity index (χ1) is 22.7. The van der Waals surface area contributed by atoms with Gasteiger partial charge in [0, 0.05) is 32.1 Å². The van der Waals surface area contributed by atoms with Crippen molar-refractivity contribution in [2.75, 3.05) is 31.0 Å². The highest BCUT2D eigenvalue weighted by Gasteiger charge is 2.48. The quantitative estimate of drug-likeness (QED) is 0.104. The number of aromatic nitrogens is 2. The number of imidazole rings is 1. The maximum atomic E-state index is 14.2. The van der Waals surface area contributed by atoms with Gasteiger partial charge in [-0.15, -0.1) is 0 Å². The molecule has 1 aromatic carbocycles. The molecule has 2 bridgehead atoms. The zero-order valence-electron chi connectivity index (χ0n) is 28.9. The summed E-state index contributed by atoms with van der Waals surface area (Å²) >= 11 is 0. The predicted octanol–water partition coefficient (Wildman–Crippen LogP) is 6.39. The molecule has 0 aliphatic carbocycles. The third kappa shape index (κ3) is 11.1. The predicted molar refractivity (Wildman–Crippen MR) is 178 cm³/mol. The van der Waals surface area contributed by atoms with Gasteiger partial charge in [0.15, 0.2) is 0 Å². The number of benzene rings is 1. The summed E-state index contributed by atoms with van der Waals surface area (Å²) in [5.41, 5.74) is -1.15. The Kier molecular flexibility index (Phi) is 12.7. The van der Waals surface area contributed by atoms with Crippen LogP contribution in [0.5, 0.6) is 0 Å². The first-order valence-electron chi connectivity index (χ1n) is 15.5. The summed E-state index contributed by atoms with van der Waals surface area (Å²) in [6, 6.07) is 2.10. The van der Waals surface area contributed by atoms with Crippen molar-refractivity contribution in [1.82, 2.24) is 14.9 Å². The summed E-state index contributed by atoms with van der Waals surface area (Å²) in [5, 5.41) is 5.20. The number of ether oxygens (including phenoxy) is 4. The molecule has 0 radical (unpaired) electrons. The summed E-state index contributed by atoms with van der Waals surface area (Å²) in [7, 11) is 0.635. The van der Waals surface area contributed by atoms with E-state index >= 15 is 0 Å². The molecule has 2 N–H and O–H groups in total. The van der Waals surface area contributed by atoms with E-state index in [9.17, 15) is 32.3 Å². The fourth-order valence-corrected chi connectivity index (χ4v) is 5.57. The molecule has 2 heterocycles. The van der Waals surface area contributed by atoms with E-state index < -0.39 is 68.1 Å². The number of halogens is 3. The lowest BCUT2D eigenvalue weighted by atomic mass is 10.0. The molecular formula is C32H44F3N5O8Si. The molecule has 49 heavy (non-hydrogen) atoms. The van der Waals surface area contributed by atoms with Crippen molar-refractivity contribution in [3.8, 4) is 11.3 Å². The number of carbonyl (C=O) groups is 4. The zero-order valence-corrected chi connectivity index (χ0v) is 29.9. The third-order valence-electron chi connectivity index (χ3n) is 7.15. The maximum absolute atomic E-state index is 14.2. The number of esters is 1. The van der Waals surface area contributed by atoms with Gasteiger partial charge in [-0.25, -0.2) is 19.4 Å². The van der Waals surface area contributed by atoms with Crippen LogP contribution < -0.4 is 15.5 Å². The molecule has 1 aromatic heterocycles. The summed E-state index contributed by atoms with van der Waals surface area (Å²) < 4.78 is 65.3. The van der Waals surface area contributed by atoms with Crippen LogP contribution in [0.25, 0.3) is 11.3 Å². The number of fused-ring (bicyclic) bond motifs is 4. The first kappa shape index (κ1) is 39.1. The van der Waals surface area contributed by atoms with Crippen molar-refractivity contribution in [2.45, 2.75) is 89.9 Å². The van der Waals surface area contributed by atoms with E-state index in [1.54, 1.807) is 31.4 Å². The highest BCUT2D eigenvalue weighted by atomic mass is 28.3. The van der Waals surface area contributed by atoms with Crippen LogP contribution in [0.3, 0.4) is 0 Å². The average Bonchev–Trinajstić information content (AvgIpc) is 3.41. The molecule has 0 saturated heterocycles. The molecule has 0 spiro atoms. The minimum atomic E-state index is -5.41. The van der Waals surface area contributed by atoms with Crippen LogP contribution in [-0.2, 0) is 35.3 Å². The molecule has 0 fully saturated rings. The van der Waals surface area contributed by atoms with Crippen LogP contribution in [0.4, 0.5) is 34.1 Å². The van der Waals surface area contributed by atoms with Crippen LogP contribution in [0, 0.1) is 0 Å². The Morgan fingerprint density at radius 1 is 1.00 bits per heavy atom. The maximum Gasteiger partial charge on any atom is 0.471 e. The largest absolute Gasteiger partial charge is 0.471 e. The van der Waals surface area contributed by atoms with Gasteiger partial charge in [-0.2, -0.15) is 13.2 Å². The lowest BCUT2D eigenvalue weighted by Crippen LogP contribution is -2.51. The van der Waals surface area contributed by atoms with Crippen LogP contribution in [0.2, 0.25) is 25.7 Å². The van der Waals surface area contributed by atoms with Crippen molar-refractivity contribution in [3.05, 3.63) is 42.4 Å². The van der Waals surface area contributed by atoms with Crippen LogP contribution in [0.15, 0.2) is 36.5 Å². The van der Waals surface area contributed by atoms with Gasteiger partial charge in [-0.3, -0.25) is 15.0 Å². The SMILES string of the molecule is COC(=O)Nc1ccc2c(c1)N(C(=O)C(F)(F)F)[C@@H](C(=O)OC)C/C=C\C[C@H](NC(=O)OC(C)(C)C)c1nc-2cn1COCC[Si](C)(C)C. The Morgan fingerprint density at radius 2 is 1.67 bits per heavy atom. The van der Waals surface area contributed by atoms with Gasteiger partial charge in [0.1, 0.15) is 24.2 Å². The van der Waals surface area contributed by atoms with E-state index in [0.29, 0.717) is 17.3 Å². The molecule has 3 amide bonds. The Labute approximate surface area is 284 Å². The zero-order chi connectivity index (χ0) is 36.7. The van der Waals surface area contributed by atoms with E-state index in [2.05, 4.69) is 35.0 Å². The van der Waals surface area contributed by atoms with E-state index in [4.69, 9.17) is 19.2 Å². The van der Waals surface area contributed by atoms with E-state index in [0.717, 1.165) is 26.3 Å². The van der Waals surface area contributed by atoms with Crippen LogP contribution in [-0.4, -0.2) is 80.3 Å². The van der Waals surface area contributed by atoms with Crippen molar-refractivity contribution < 1.29 is 51.3 Å². The van der Waals surface area contributed by atoms with Gasteiger partial charge in [-0.1, -0.05) is 31.8 Å². The third-order valence-corrected chi connectivity index (χ3v) is 8.85. The van der Waals surface area contributed by atoms with E-state index in [1.165, 1.54) is 24.4 Å². The average molecular weight is 712 g/mol. The Balaban J connectivity index is 2.32. The molecule has 1 aliphatic rings. The fourth-order valence-electron chi connectivity index (χ4n) is 4.81. The van der Waals surface area contributed by atoms with Crippen molar-refractivity contribution in [1.29, 1.82) is 0 Å². The fraction of sp³-hybridized carbons (Fsp3) is 0.531. The molecule has 0 saturated carbocycles. The molecule has 13 nitrogen and oxygen atoms in total. The van der Waals surface area contributed by atoms with Crippen molar-refractivity contribution in [3.63, 3.8) is 0 Å². The van der Waals surface area contributed by atoms with Crippen LogP contribution >= 0.6 is 0 Å². The van der Waals surface area contributed by atoms with Crippen molar-refractivity contribution in [2.24, 2.45) is 0 Å². The minimum Gasteiger partial charge on any atom is -0.467 e. The summed E-state index contributed by atoms with van der Waals surface area (Å²) in [6.07, 6.45) is -2.89. The molecule has 2 atom stereocenters. The lowest BCUT2D eigenvalue weighted by Gasteiger charge is -2.32. The number of rotatable bonds is 8. The minimum absolute atomic E-state index is 0.00425. The van der Waals surface area contributed by atoms with Gasteiger partial charge in [-0.05, 0) is 57.9 Å². The van der Waals surface area contributed by atoms with Crippen molar-refractivity contribution >= 4 is 43.5 Å². The molecule has 2 aromatic rings. The Bertz CT molecular complexity index is 1550. The lowest BCUT2D eigenvalue weighted by molar-refractivity contribution is -0.172. The highest BCUT2D eigenvalue weighted by molar-refractivity contribution is 6.76. The second kappa shape index (κ2) is 15.9. The number of alkyl carbamates (subject to hydrolysis) is 1. The van der Waals surface area contributed by atoms with Gasteiger partial charge < -0.3 is 28.8 Å². The normalized spacial score (nSPS) is 17.5. The summed E-state index contributed by atoms with van der Waals surface area (Å²) in [6.45, 7) is 12.1.